The SMILES string of the molecule is CN1CCN(c2ncccc2CNC(=O)Cc2ccccc2[N+](=O)[O-])CC1. The molecular weight excluding hydrogens is 346 g/mol. The van der Waals surface area contributed by atoms with Crippen LogP contribution in [-0.2, 0) is 17.8 Å². The molecule has 27 heavy (non-hydrogen) atoms. The molecule has 1 aliphatic heterocycles. The zero-order valence-corrected chi connectivity index (χ0v) is 15.3. The van der Waals surface area contributed by atoms with Crippen molar-refractivity contribution in [2.24, 2.45) is 0 Å². The second-order valence-electron chi connectivity index (χ2n) is 6.62. The molecule has 0 bridgehead atoms. The number of carbonyl (C=O) groups excluding carboxylic acids is 1. The number of nitro groups is 1. The summed E-state index contributed by atoms with van der Waals surface area (Å²) in [5, 5.41) is 13.9. The van der Waals surface area contributed by atoms with Gasteiger partial charge in [-0.1, -0.05) is 24.3 Å². The van der Waals surface area contributed by atoms with Gasteiger partial charge in [0.25, 0.3) is 5.69 Å². The van der Waals surface area contributed by atoms with Crippen LogP contribution in [0.5, 0.6) is 0 Å². The third-order valence-electron chi connectivity index (χ3n) is 4.69. The van der Waals surface area contributed by atoms with Gasteiger partial charge < -0.3 is 15.1 Å². The number of nitrogens with zero attached hydrogens (tertiary/aromatic N) is 4. The highest BCUT2D eigenvalue weighted by atomic mass is 16.6. The summed E-state index contributed by atoms with van der Waals surface area (Å²) in [6, 6.07) is 10.1. The number of para-hydroxylation sites is 1. The van der Waals surface area contributed by atoms with E-state index < -0.39 is 4.92 Å². The Labute approximate surface area is 158 Å². The molecule has 2 aromatic rings. The summed E-state index contributed by atoms with van der Waals surface area (Å²) in [6.45, 7) is 4.07. The first-order valence-electron chi connectivity index (χ1n) is 8.91. The predicted octanol–water partition coefficient (Wildman–Crippen LogP) is 1.60. The second kappa shape index (κ2) is 8.59. The Kier molecular flexibility index (Phi) is 5.97. The highest BCUT2D eigenvalue weighted by molar-refractivity contribution is 5.79. The third kappa shape index (κ3) is 4.79. The molecule has 1 fully saturated rings. The lowest BCUT2D eigenvalue weighted by molar-refractivity contribution is -0.385. The summed E-state index contributed by atoms with van der Waals surface area (Å²) in [7, 11) is 2.10. The Morgan fingerprint density at radius 1 is 1.15 bits per heavy atom. The largest absolute Gasteiger partial charge is 0.354 e. The number of hydrogen-bond acceptors (Lipinski definition) is 6. The van der Waals surface area contributed by atoms with Crippen molar-refractivity contribution >= 4 is 17.4 Å². The maximum Gasteiger partial charge on any atom is 0.273 e. The van der Waals surface area contributed by atoms with E-state index in [0.717, 1.165) is 37.6 Å². The first kappa shape index (κ1) is 18.8. The summed E-state index contributed by atoms with van der Waals surface area (Å²) < 4.78 is 0. The number of carbonyl (C=O) groups is 1. The van der Waals surface area contributed by atoms with E-state index in [0.29, 0.717) is 12.1 Å². The molecule has 8 nitrogen and oxygen atoms in total. The van der Waals surface area contributed by atoms with Gasteiger partial charge in [0.1, 0.15) is 5.82 Å². The highest BCUT2D eigenvalue weighted by Gasteiger charge is 2.19. The molecule has 8 heteroatoms. The Morgan fingerprint density at radius 3 is 2.59 bits per heavy atom. The van der Waals surface area contributed by atoms with Crippen molar-refractivity contribution < 1.29 is 9.72 Å². The molecule has 0 spiro atoms. The van der Waals surface area contributed by atoms with Gasteiger partial charge in [0.2, 0.25) is 5.91 Å². The molecule has 1 N–H and O–H groups in total. The smallest absolute Gasteiger partial charge is 0.273 e. The van der Waals surface area contributed by atoms with E-state index in [-0.39, 0.29) is 18.0 Å². The lowest BCUT2D eigenvalue weighted by Gasteiger charge is -2.34. The van der Waals surface area contributed by atoms with Crippen LogP contribution in [0.4, 0.5) is 11.5 Å². The van der Waals surface area contributed by atoms with Crippen LogP contribution in [0.25, 0.3) is 0 Å². The molecular formula is C19H23N5O3. The number of hydrogen-bond donors (Lipinski definition) is 1. The Morgan fingerprint density at radius 2 is 1.85 bits per heavy atom. The predicted molar refractivity (Wildman–Crippen MR) is 103 cm³/mol. The average molecular weight is 369 g/mol. The zero-order valence-electron chi connectivity index (χ0n) is 15.3. The molecule has 0 radical (unpaired) electrons. The quantitative estimate of drug-likeness (QED) is 0.614. The van der Waals surface area contributed by atoms with Crippen LogP contribution in [0.2, 0.25) is 0 Å². The molecule has 0 atom stereocenters. The fraction of sp³-hybridized carbons (Fsp3) is 0.368. The maximum atomic E-state index is 12.3. The van der Waals surface area contributed by atoms with Crippen LogP contribution >= 0.6 is 0 Å². The van der Waals surface area contributed by atoms with Crippen LogP contribution in [0.1, 0.15) is 11.1 Å². The minimum atomic E-state index is -0.463. The number of pyridine rings is 1. The average Bonchev–Trinajstić information content (AvgIpc) is 2.67. The van der Waals surface area contributed by atoms with Gasteiger partial charge in [-0.15, -0.1) is 0 Å². The van der Waals surface area contributed by atoms with Crippen LogP contribution in [0.3, 0.4) is 0 Å². The van der Waals surface area contributed by atoms with Crippen molar-refractivity contribution in [2.75, 3.05) is 38.1 Å². The van der Waals surface area contributed by atoms with E-state index in [4.69, 9.17) is 0 Å². The molecule has 2 heterocycles. The lowest BCUT2D eigenvalue weighted by Crippen LogP contribution is -2.45. The molecule has 1 saturated heterocycles. The van der Waals surface area contributed by atoms with Gasteiger partial charge >= 0.3 is 0 Å². The van der Waals surface area contributed by atoms with Crippen molar-refractivity contribution in [3.63, 3.8) is 0 Å². The molecule has 0 saturated carbocycles. The molecule has 1 aliphatic rings. The van der Waals surface area contributed by atoms with Crippen molar-refractivity contribution in [3.8, 4) is 0 Å². The second-order valence-corrected chi connectivity index (χ2v) is 6.62. The number of nitrogens with one attached hydrogen (secondary N) is 1. The molecule has 142 valence electrons. The number of piperazine rings is 1. The minimum absolute atomic E-state index is 0.0265. The minimum Gasteiger partial charge on any atom is -0.354 e. The topological polar surface area (TPSA) is 91.6 Å². The summed E-state index contributed by atoms with van der Waals surface area (Å²) >= 11 is 0. The molecule has 1 aromatic heterocycles. The number of aromatic nitrogens is 1. The molecule has 0 unspecified atom stereocenters. The zero-order chi connectivity index (χ0) is 19.2. The van der Waals surface area contributed by atoms with E-state index in [1.165, 1.54) is 6.07 Å². The van der Waals surface area contributed by atoms with Crippen molar-refractivity contribution in [3.05, 3.63) is 63.8 Å². The van der Waals surface area contributed by atoms with Gasteiger partial charge in [0, 0.05) is 56.1 Å². The van der Waals surface area contributed by atoms with Gasteiger partial charge in [-0.05, 0) is 13.1 Å². The molecule has 1 amide bonds. The van der Waals surface area contributed by atoms with Crippen LogP contribution in [0.15, 0.2) is 42.6 Å². The summed E-state index contributed by atoms with van der Waals surface area (Å²) in [5.41, 5.74) is 1.32. The number of benzene rings is 1. The van der Waals surface area contributed by atoms with E-state index in [1.807, 2.05) is 12.1 Å². The Balaban J connectivity index is 1.64. The van der Waals surface area contributed by atoms with Crippen molar-refractivity contribution in [2.45, 2.75) is 13.0 Å². The third-order valence-corrected chi connectivity index (χ3v) is 4.69. The summed E-state index contributed by atoms with van der Waals surface area (Å²) in [5.74, 6) is 0.633. The summed E-state index contributed by atoms with van der Waals surface area (Å²) in [6.07, 6.45) is 1.73. The number of rotatable bonds is 6. The number of nitro benzene ring substituents is 1. The van der Waals surface area contributed by atoms with Gasteiger partial charge in [0.15, 0.2) is 0 Å². The van der Waals surface area contributed by atoms with Crippen LogP contribution in [0, 0.1) is 10.1 Å². The van der Waals surface area contributed by atoms with Crippen molar-refractivity contribution in [1.29, 1.82) is 0 Å². The standard InChI is InChI=1S/C19H23N5O3/c1-22-9-11-23(12-10-22)19-16(6-4-8-20-19)14-21-18(25)13-15-5-2-3-7-17(15)24(26)27/h2-8H,9-14H2,1H3,(H,21,25). The summed E-state index contributed by atoms with van der Waals surface area (Å²) in [4.78, 5) is 31.9. The first-order valence-corrected chi connectivity index (χ1v) is 8.91. The molecule has 1 aromatic carbocycles. The van der Waals surface area contributed by atoms with Gasteiger partial charge in [-0.25, -0.2) is 4.98 Å². The lowest BCUT2D eigenvalue weighted by atomic mass is 10.1. The van der Waals surface area contributed by atoms with E-state index in [1.54, 1.807) is 24.4 Å². The van der Waals surface area contributed by atoms with Crippen LogP contribution in [-0.4, -0.2) is 53.9 Å². The van der Waals surface area contributed by atoms with E-state index >= 15 is 0 Å². The van der Waals surface area contributed by atoms with Gasteiger partial charge in [0.05, 0.1) is 11.3 Å². The van der Waals surface area contributed by atoms with Crippen molar-refractivity contribution in [1.82, 2.24) is 15.2 Å². The van der Waals surface area contributed by atoms with Crippen LogP contribution < -0.4 is 10.2 Å². The fourth-order valence-corrected chi connectivity index (χ4v) is 3.14. The fourth-order valence-electron chi connectivity index (χ4n) is 3.14. The number of amides is 1. The Bertz CT molecular complexity index is 818. The molecule has 0 aliphatic carbocycles. The first-order chi connectivity index (χ1) is 13.0. The van der Waals surface area contributed by atoms with Gasteiger partial charge in [-0.3, -0.25) is 14.9 Å². The monoisotopic (exact) mass is 369 g/mol. The Hall–Kier alpha value is -3.00. The normalized spacial score (nSPS) is 14.8. The maximum absolute atomic E-state index is 12.3. The number of anilines is 1. The van der Waals surface area contributed by atoms with Gasteiger partial charge in [-0.2, -0.15) is 0 Å². The van der Waals surface area contributed by atoms with E-state index in [9.17, 15) is 14.9 Å². The van der Waals surface area contributed by atoms with E-state index in [2.05, 4.69) is 27.1 Å². The highest BCUT2D eigenvalue weighted by Crippen LogP contribution is 2.20. The number of likely N-dealkylation sites (N-methyl/N-ethyl adjacent to an activating group) is 1. The molecule has 3 rings (SSSR count).